The van der Waals surface area contributed by atoms with Crippen LogP contribution in [0, 0.1) is 0 Å². The zero-order valence-corrected chi connectivity index (χ0v) is 12.5. The van der Waals surface area contributed by atoms with E-state index in [2.05, 4.69) is 11.9 Å². The summed E-state index contributed by atoms with van der Waals surface area (Å²) in [7, 11) is 0. The molecule has 3 nitrogen and oxygen atoms in total. The minimum absolute atomic E-state index is 0.499. The van der Waals surface area contributed by atoms with Gasteiger partial charge in [-0.25, -0.2) is 0 Å². The molecule has 1 aliphatic heterocycles. The first kappa shape index (κ1) is 14.4. The molecule has 0 bridgehead atoms. The van der Waals surface area contributed by atoms with Gasteiger partial charge in [0, 0.05) is 11.3 Å². The molecule has 1 atom stereocenters. The number of hydrogen-bond donors (Lipinski definition) is 2. The van der Waals surface area contributed by atoms with E-state index in [4.69, 9.17) is 4.74 Å². The highest BCUT2D eigenvalue weighted by Crippen LogP contribution is 2.38. The van der Waals surface area contributed by atoms with Gasteiger partial charge in [-0.1, -0.05) is 49.1 Å². The Kier molecular flexibility index (Phi) is 3.98. The monoisotopic (exact) mass is 293 g/mol. The molecular weight excluding hydrogens is 274 g/mol. The van der Waals surface area contributed by atoms with E-state index >= 15 is 0 Å². The van der Waals surface area contributed by atoms with Crippen LogP contribution in [-0.4, -0.2) is 5.11 Å². The number of ether oxygens (including phenoxy) is 1. The van der Waals surface area contributed by atoms with Gasteiger partial charge >= 0.3 is 0 Å². The summed E-state index contributed by atoms with van der Waals surface area (Å²) in [6, 6.07) is 13.8. The third-order valence-corrected chi connectivity index (χ3v) is 3.67. The Morgan fingerprint density at radius 3 is 2.64 bits per heavy atom. The molecule has 22 heavy (non-hydrogen) atoms. The van der Waals surface area contributed by atoms with Gasteiger partial charge in [-0.15, -0.1) is 0 Å². The lowest BCUT2D eigenvalue weighted by Crippen LogP contribution is -2.09. The molecule has 2 aromatic rings. The van der Waals surface area contributed by atoms with Crippen molar-refractivity contribution in [3.05, 3.63) is 77.5 Å². The fourth-order valence-corrected chi connectivity index (χ4v) is 2.53. The summed E-state index contributed by atoms with van der Waals surface area (Å²) in [5, 5.41) is 13.2. The summed E-state index contributed by atoms with van der Waals surface area (Å²) in [4.78, 5) is 0. The first-order valence-electron chi connectivity index (χ1n) is 7.31. The second-order valence-electron chi connectivity index (χ2n) is 5.38. The Bertz CT molecular complexity index is 718. The van der Waals surface area contributed by atoms with Gasteiger partial charge in [0.2, 0.25) is 0 Å². The second kappa shape index (κ2) is 6.08. The predicted octanol–water partition coefficient (Wildman–Crippen LogP) is 4.27. The minimum Gasteiger partial charge on any atom is -0.487 e. The standard InChI is InChI=1S/C19H19NO2/c1-13-8-9-17-16(14(2)21)10-11-18(19(17)20-13)22-12-15-6-4-3-5-7-15/h3-11,14,20-21H,1,12H2,2H3. The van der Waals surface area contributed by atoms with Crippen LogP contribution in [0.5, 0.6) is 5.75 Å². The van der Waals surface area contributed by atoms with Crippen molar-refractivity contribution in [3.8, 4) is 5.75 Å². The first-order chi connectivity index (χ1) is 10.6. The van der Waals surface area contributed by atoms with E-state index in [1.807, 2.05) is 54.6 Å². The van der Waals surface area contributed by atoms with Crippen molar-refractivity contribution in [1.29, 1.82) is 0 Å². The van der Waals surface area contributed by atoms with Crippen molar-refractivity contribution in [1.82, 2.24) is 0 Å². The molecule has 0 amide bonds. The van der Waals surface area contributed by atoms with Crippen LogP contribution in [0.2, 0.25) is 0 Å². The van der Waals surface area contributed by atoms with E-state index in [0.29, 0.717) is 6.61 Å². The third-order valence-electron chi connectivity index (χ3n) is 3.67. The Labute approximate surface area is 130 Å². The summed E-state index contributed by atoms with van der Waals surface area (Å²) in [6.45, 7) is 6.19. The molecule has 0 fully saturated rings. The molecule has 1 heterocycles. The number of nitrogens with one attached hydrogen (secondary N) is 1. The molecular formula is C19H19NO2. The highest BCUT2D eigenvalue weighted by Gasteiger charge is 2.18. The molecule has 3 rings (SSSR count). The number of aliphatic hydroxyl groups excluding tert-OH is 1. The smallest absolute Gasteiger partial charge is 0.143 e. The SMILES string of the molecule is C=C1C=Cc2c(C(C)O)ccc(OCc3ccccc3)c2N1. The number of allylic oxidation sites excluding steroid dienone is 1. The molecule has 3 heteroatoms. The van der Waals surface area contributed by atoms with Crippen molar-refractivity contribution >= 4 is 11.8 Å². The summed E-state index contributed by atoms with van der Waals surface area (Å²) < 4.78 is 5.95. The number of anilines is 1. The van der Waals surface area contributed by atoms with Gasteiger partial charge in [-0.2, -0.15) is 0 Å². The predicted molar refractivity (Wildman–Crippen MR) is 89.6 cm³/mol. The molecule has 0 radical (unpaired) electrons. The van der Waals surface area contributed by atoms with Gasteiger partial charge in [0.1, 0.15) is 12.4 Å². The van der Waals surface area contributed by atoms with Crippen molar-refractivity contribution in [2.75, 3.05) is 5.32 Å². The van der Waals surface area contributed by atoms with Gasteiger partial charge in [0.15, 0.2) is 0 Å². The van der Waals surface area contributed by atoms with E-state index in [0.717, 1.165) is 33.8 Å². The average Bonchev–Trinajstić information content (AvgIpc) is 2.53. The van der Waals surface area contributed by atoms with Crippen molar-refractivity contribution in [2.24, 2.45) is 0 Å². The van der Waals surface area contributed by atoms with Gasteiger partial charge in [-0.3, -0.25) is 0 Å². The molecule has 0 spiro atoms. The Morgan fingerprint density at radius 1 is 1.14 bits per heavy atom. The van der Waals surface area contributed by atoms with Gasteiger partial charge < -0.3 is 15.2 Å². The highest BCUT2D eigenvalue weighted by atomic mass is 16.5. The number of fused-ring (bicyclic) bond motifs is 1. The van der Waals surface area contributed by atoms with Gasteiger partial charge in [-0.05, 0) is 30.2 Å². The van der Waals surface area contributed by atoms with Crippen LogP contribution < -0.4 is 10.1 Å². The maximum absolute atomic E-state index is 9.92. The Balaban J connectivity index is 1.92. The maximum atomic E-state index is 9.92. The molecule has 1 aliphatic rings. The minimum atomic E-state index is -0.533. The summed E-state index contributed by atoms with van der Waals surface area (Å²) in [5.74, 6) is 0.758. The zero-order chi connectivity index (χ0) is 15.5. The fourth-order valence-electron chi connectivity index (χ4n) is 2.53. The van der Waals surface area contributed by atoms with Crippen LogP contribution in [0.15, 0.2) is 60.8 Å². The van der Waals surface area contributed by atoms with E-state index in [9.17, 15) is 5.11 Å². The molecule has 1 unspecified atom stereocenters. The Morgan fingerprint density at radius 2 is 1.91 bits per heavy atom. The second-order valence-corrected chi connectivity index (χ2v) is 5.38. The van der Waals surface area contributed by atoms with E-state index < -0.39 is 6.10 Å². The van der Waals surface area contributed by atoms with Crippen LogP contribution >= 0.6 is 0 Å². The number of benzene rings is 2. The maximum Gasteiger partial charge on any atom is 0.143 e. The van der Waals surface area contributed by atoms with Crippen molar-refractivity contribution in [3.63, 3.8) is 0 Å². The Hall–Kier alpha value is -2.52. The molecule has 0 aromatic heterocycles. The summed E-state index contributed by atoms with van der Waals surface area (Å²) in [5.41, 5.74) is 4.61. The van der Waals surface area contributed by atoms with Gasteiger partial charge in [0.25, 0.3) is 0 Å². The number of hydrogen-bond acceptors (Lipinski definition) is 3. The lowest BCUT2D eigenvalue weighted by atomic mass is 9.97. The first-order valence-corrected chi connectivity index (χ1v) is 7.31. The molecule has 2 N–H and O–H groups in total. The summed E-state index contributed by atoms with van der Waals surface area (Å²) in [6.07, 6.45) is 3.33. The van der Waals surface area contributed by atoms with E-state index in [1.165, 1.54) is 0 Å². The molecule has 112 valence electrons. The van der Waals surface area contributed by atoms with Crippen LogP contribution in [-0.2, 0) is 6.61 Å². The van der Waals surface area contributed by atoms with Crippen molar-refractivity contribution in [2.45, 2.75) is 19.6 Å². The van der Waals surface area contributed by atoms with Gasteiger partial charge in [0.05, 0.1) is 11.8 Å². The van der Waals surface area contributed by atoms with E-state index in [1.54, 1.807) is 6.92 Å². The topological polar surface area (TPSA) is 41.5 Å². The lowest BCUT2D eigenvalue weighted by Gasteiger charge is -2.22. The molecule has 2 aromatic carbocycles. The van der Waals surface area contributed by atoms with Crippen LogP contribution in [0.3, 0.4) is 0 Å². The van der Waals surface area contributed by atoms with Crippen LogP contribution in [0.25, 0.3) is 6.08 Å². The highest BCUT2D eigenvalue weighted by molar-refractivity contribution is 5.81. The fraction of sp³-hybridized carbons (Fsp3) is 0.158. The third kappa shape index (κ3) is 2.90. The lowest BCUT2D eigenvalue weighted by molar-refractivity contribution is 0.199. The largest absolute Gasteiger partial charge is 0.487 e. The summed E-state index contributed by atoms with van der Waals surface area (Å²) >= 11 is 0. The number of aliphatic hydroxyl groups is 1. The molecule has 0 aliphatic carbocycles. The van der Waals surface area contributed by atoms with Crippen LogP contribution in [0.1, 0.15) is 29.7 Å². The number of rotatable bonds is 4. The normalized spacial score (nSPS) is 14.2. The quantitative estimate of drug-likeness (QED) is 0.884. The average molecular weight is 293 g/mol. The van der Waals surface area contributed by atoms with Crippen molar-refractivity contribution < 1.29 is 9.84 Å². The molecule has 0 saturated carbocycles. The molecule has 0 saturated heterocycles. The zero-order valence-electron chi connectivity index (χ0n) is 12.5. The van der Waals surface area contributed by atoms with E-state index in [-0.39, 0.29) is 0 Å². The van der Waals surface area contributed by atoms with Crippen LogP contribution in [0.4, 0.5) is 5.69 Å².